The van der Waals surface area contributed by atoms with Crippen molar-refractivity contribution in [2.24, 2.45) is 0 Å². The van der Waals surface area contributed by atoms with Crippen LogP contribution in [0.15, 0.2) is 36.9 Å². The highest BCUT2D eigenvalue weighted by Crippen LogP contribution is 2.04. The van der Waals surface area contributed by atoms with E-state index in [2.05, 4.69) is 11.3 Å². The minimum absolute atomic E-state index is 0.0248. The standard InChI is InChI=1S/C13H12O5/c1-2-12(15)17-7-8-18-13(16)11-5-3-10(9-14)4-6-11/h2-6,9H,1,7-8H2. The first kappa shape index (κ1) is 13.6. The lowest BCUT2D eigenvalue weighted by Crippen LogP contribution is -2.12. The van der Waals surface area contributed by atoms with Gasteiger partial charge in [0.25, 0.3) is 0 Å². The third kappa shape index (κ3) is 4.21. The Kier molecular flexibility index (Phi) is 5.31. The van der Waals surface area contributed by atoms with Gasteiger partial charge in [-0.1, -0.05) is 18.7 Å². The van der Waals surface area contributed by atoms with Crippen molar-refractivity contribution in [3.63, 3.8) is 0 Å². The van der Waals surface area contributed by atoms with Crippen LogP contribution in [0.4, 0.5) is 0 Å². The van der Waals surface area contributed by atoms with Crippen molar-refractivity contribution in [3.05, 3.63) is 48.0 Å². The van der Waals surface area contributed by atoms with E-state index in [1.165, 1.54) is 24.3 Å². The molecule has 0 N–H and O–H groups in total. The molecule has 0 atom stereocenters. The SMILES string of the molecule is C=CC(=O)OCCOC(=O)c1ccc(C=O)cc1. The zero-order valence-electron chi connectivity index (χ0n) is 9.63. The molecule has 1 aromatic rings. The number of carbonyl (C=O) groups is 3. The molecule has 1 rings (SSSR count). The van der Waals surface area contributed by atoms with Gasteiger partial charge in [-0.25, -0.2) is 9.59 Å². The van der Waals surface area contributed by atoms with Crippen LogP contribution in [0.1, 0.15) is 20.7 Å². The average molecular weight is 248 g/mol. The lowest BCUT2D eigenvalue weighted by atomic mass is 10.1. The van der Waals surface area contributed by atoms with Crippen LogP contribution in [0.5, 0.6) is 0 Å². The highest BCUT2D eigenvalue weighted by molar-refractivity contribution is 5.90. The predicted octanol–water partition coefficient (Wildman–Crippen LogP) is 1.39. The Morgan fingerprint density at radius 2 is 1.72 bits per heavy atom. The molecule has 0 saturated heterocycles. The van der Waals surface area contributed by atoms with Crippen LogP contribution in [-0.2, 0) is 14.3 Å². The maximum Gasteiger partial charge on any atom is 0.338 e. The topological polar surface area (TPSA) is 69.7 Å². The average Bonchev–Trinajstić information content (AvgIpc) is 2.43. The fourth-order valence-corrected chi connectivity index (χ4v) is 1.12. The summed E-state index contributed by atoms with van der Waals surface area (Å²) >= 11 is 0. The Morgan fingerprint density at radius 3 is 2.28 bits per heavy atom. The molecule has 5 heteroatoms. The van der Waals surface area contributed by atoms with Gasteiger partial charge in [-0.05, 0) is 12.1 Å². The number of hydrogen-bond acceptors (Lipinski definition) is 5. The van der Waals surface area contributed by atoms with Crippen molar-refractivity contribution in [1.29, 1.82) is 0 Å². The fraction of sp³-hybridized carbons (Fsp3) is 0.154. The van der Waals surface area contributed by atoms with Crippen molar-refractivity contribution < 1.29 is 23.9 Å². The molecule has 0 unspecified atom stereocenters. The fourth-order valence-electron chi connectivity index (χ4n) is 1.12. The molecule has 0 aliphatic rings. The van der Waals surface area contributed by atoms with Crippen molar-refractivity contribution in [2.75, 3.05) is 13.2 Å². The minimum atomic E-state index is -0.568. The molecule has 0 aromatic heterocycles. The lowest BCUT2D eigenvalue weighted by Gasteiger charge is -2.05. The van der Waals surface area contributed by atoms with Crippen LogP contribution < -0.4 is 0 Å². The molecule has 0 bridgehead atoms. The molecule has 0 fully saturated rings. The van der Waals surface area contributed by atoms with Gasteiger partial charge in [-0.3, -0.25) is 4.79 Å². The normalized spacial score (nSPS) is 9.33. The molecule has 0 amide bonds. The molecule has 0 aliphatic carbocycles. The number of aldehydes is 1. The van der Waals surface area contributed by atoms with E-state index < -0.39 is 11.9 Å². The Bertz CT molecular complexity index is 447. The van der Waals surface area contributed by atoms with Gasteiger partial charge in [0.1, 0.15) is 19.5 Å². The number of rotatable bonds is 6. The quantitative estimate of drug-likeness (QED) is 0.329. The van der Waals surface area contributed by atoms with E-state index in [0.717, 1.165) is 6.08 Å². The maximum absolute atomic E-state index is 11.5. The Labute approximate surface area is 104 Å². The molecule has 1 aromatic carbocycles. The first-order chi connectivity index (χ1) is 8.67. The molecule has 18 heavy (non-hydrogen) atoms. The molecule has 0 spiro atoms. The van der Waals surface area contributed by atoms with Crippen LogP contribution in [0.25, 0.3) is 0 Å². The number of hydrogen-bond donors (Lipinski definition) is 0. The second kappa shape index (κ2) is 7.01. The molecule has 5 nitrogen and oxygen atoms in total. The van der Waals surface area contributed by atoms with Crippen LogP contribution >= 0.6 is 0 Å². The van der Waals surface area contributed by atoms with Gasteiger partial charge in [0.2, 0.25) is 0 Å². The van der Waals surface area contributed by atoms with E-state index >= 15 is 0 Å². The highest BCUT2D eigenvalue weighted by atomic mass is 16.6. The summed E-state index contributed by atoms with van der Waals surface area (Å²) in [5, 5.41) is 0. The summed E-state index contributed by atoms with van der Waals surface area (Å²) in [5.74, 6) is -1.11. The molecule has 94 valence electrons. The van der Waals surface area contributed by atoms with E-state index in [9.17, 15) is 14.4 Å². The van der Waals surface area contributed by atoms with Crippen molar-refractivity contribution in [3.8, 4) is 0 Å². The van der Waals surface area contributed by atoms with Crippen LogP contribution in [0, 0.1) is 0 Å². The van der Waals surface area contributed by atoms with Crippen molar-refractivity contribution in [2.45, 2.75) is 0 Å². The first-order valence-electron chi connectivity index (χ1n) is 5.19. The third-order valence-corrected chi connectivity index (χ3v) is 2.01. The molecule has 0 heterocycles. The molecule has 0 saturated carbocycles. The summed E-state index contributed by atoms with van der Waals surface area (Å²) in [7, 11) is 0. The molecular formula is C13H12O5. The van der Waals surface area contributed by atoms with Gasteiger partial charge in [0.15, 0.2) is 0 Å². The lowest BCUT2D eigenvalue weighted by molar-refractivity contribution is -0.138. The van der Waals surface area contributed by atoms with Gasteiger partial charge >= 0.3 is 11.9 Å². The number of carbonyl (C=O) groups excluding carboxylic acids is 3. The van der Waals surface area contributed by atoms with E-state index in [1.807, 2.05) is 0 Å². The first-order valence-corrected chi connectivity index (χ1v) is 5.19. The van der Waals surface area contributed by atoms with Gasteiger partial charge in [-0.15, -0.1) is 0 Å². The summed E-state index contributed by atoms with van der Waals surface area (Å²) in [5.41, 5.74) is 0.808. The summed E-state index contributed by atoms with van der Waals surface area (Å²) in [6.45, 7) is 3.17. The monoisotopic (exact) mass is 248 g/mol. The van der Waals surface area contributed by atoms with Gasteiger partial charge in [0.05, 0.1) is 5.56 Å². The third-order valence-electron chi connectivity index (χ3n) is 2.01. The predicted molar refractivity (Wildman–Crippen MR) is 63.3 cm³/mol. The zero-order valence-corrected chi connectivity index (χ0v) is 9.63. The largest absolute Gasteiger partial charge is 0.459 e. The van der Waals surface area contributed by atoms with Gasteiger partial charge in [-0.2, -0.15) is 0 Å². The van der Waals surface area contributed by atoms with Crippen molar-refractivity contribution >= 4 is 18.2 Å². The number of ether oxygens (including phenoxy) is 2. The van der Waals surface area contributed by atoms with Crippen molar-refractivity contribution in [1.82, 2.24) is 0 Å². The smallest absolute Gasteiger partial charge is 0.338 e. The Hall–Kier alpha value is -2.43. The molecule has 0 aliphatic heterocycles. The van der Waals surface area contributed by atoms with E-state index in [1.54, 1.807) is 0 Å². The second-order valence-electron chi connectivity index (χ2n) is 3.25. The highest BCUT2D eigenvalue weighted by Gasteiger charge is 2.06. The molecular weight excluding hydrogens is 236 g/mol. The number of benzene rings is 1. The maximum atomic E-state index is 11.5. The van der Waals surface area contributed by atoms with Crippen LogP contribution in [0.3, 0.4) is 0 Å². The summed E-state index contributed by atoms with van der Waals surface area (Å²) in [4.78, 5) is 32.6. The Morgan fingerprint density at radius 1 is 1.11 bits per heavy atom. The Balaban J connectivity index is 2.38. The summed E-state index contributed by atoms with van der Waals surface area (Å²) in [6.07, 6.45) is 1.71. The number of esters is 2. The zero-order chi connectivity index (χ0) is 13.4. The van der Waals surface area contributed by atoms with E-state index in [-0.39, 0.29) is 13.2 Å². The van der Waals surface area contributed by atoms with Gasteiger partial charge < -0.3 is 9.47 Å². The van der Waals surface area contributed by atoms with Gasteiger partial charge in [0, 0.05) is 11.6 Å². The van der Waals surface area contributed by atoms with E-state index in [4.69, 9.17) is 4.74 Å². The molecule has 0 radical (unpaired) electrons. The van der Waals surface area contributed by atoms with Crippen LogP contribution in [-0.4, -0.2) is 31.4 Å². The summed E-state index contributed by atoms with van der Waals surface area (Å²) < 4.78 is 9.49. The summed E-state index contributed by atoms with van der Waals surface area (Å²) in [6, 6.07) is 6.01. The minimum Gasteiger partial charge on any atom is -0.459 e. The van der Waals surface area contributed by atoms with E-state index in [0.29, 0.717) is 17.4 Å². The van der Waals surface area contributed by atoms with Crippen LogP contribution in [0.2, 0.25) is 0 Å². The second-order valence-corrected chi connectivity index (χ2v) is 3.25.